The number of para-hydroxylation sites is 1. The van der Waals surface area contributed by atoms with Gasteiger partial charge in [0.05, 0.1) is 5.60 Å². The molecular formula is C18H24N4O2. The van der Waals surface area contributed by atoms with Crippen LogP contribution in [0.4, 0.5) is 0 Å². The van der Waals surface area contributed by atoms with Crippen LogP contribution in [-0.2, 0) is 11.2 Å². The molecule has 0 saturated heterocycles. The summed E-state index contributed by atoms with van der Waals surface area (Å²) in [5.41, 5.74) is 0.285. The third kappa shape index (κ3) is 3.82. The first-order chi connectivity index (χ1) is 11.6. The minimum Gasteiger partial charge on any atom is -0.388 e. The van der Waals surface area contributed by atoms with E-state index in [4.69, 9.17) is 0 Å². The van der Waals surface area contributed by atoms with Gasteiger partial charge in [0.2, 0.25) is 5.91 Å². The van der Waals surface area contributed by atoms with Gasteiger partial charge in [-0.3, -0.25) is 9.36 Å². The zero-order valence-electron chi connectivity index (χ0n) is 14.1. The van der Waals surface area contributed by atoms with Gasteiger partial charge in [-0.25, -0.2) is 0 Å². The minimum absolute atomic E-state index is 0.0259. The molecule has 1 fully saturated rings. The van der Waals surface area contributed by atoms with Crippen molar-refractivity contribution in [3.8, 4) is 5.69 Å². The van der Waals surface area contributed by atoms with E-state index in [9.17, 15) is 9.90 Å². The van der Waals surface area contributed by atoms with Gasteiger partial charge in [0.15, 0.2) is 0 Å². The van der Waals surface area contributed by atoms with E-state index in [1.165, 1.54) is 0 Å². The molecule has 0 atom stereocenters. The Hall–Kier alpha value is -2.21. The van der Waals surface area contributed by atoms with E-state index in [1.807, 2.05) is 34.9 Å². The Labute approximate surface area is 142 Å². The zero-order chi connectivity index (χ0) is 17.0. The molecule has 1 aliphatic rings. The second kappa shape index (κ2) is 7.13. The Balaban J connectivity index is 1.58. The number of amides is 1. The fourth-order valence-electron chi connectivity index (χ4n) is 3.36. The Morgan fingerprint density at radius 3 is 2.71 bits per heavy atom. The van der Waals surface area contributed by atoms with Gasteiger partial charge in [-0.05, 0) is 25.0 Å². The van der Waals surface area contributed by atoms with Gasteiger partial charge >= 0.3 is 0 Å². The summed E-state index contributed by atoms with van der Waals surface area (Å²) >= 11 is 0. The molecule has 0 unspecified atom stereocenters. The lowest BCUT2D eigenvalue weighted by molar-refractivity contribution is -0.133. The number of aryl methyl sites for hydroxylation is 1. The van der Waals surface area contributed by atoms with Gasteiger partial charge in [0, 0.05) is 32.1 Å². The van der Waals surface area contributed by atoms with Crippen LogP contribution in [0.25, 0.3) is 5.69 Å². The SMILES string of the molecule is CN(CC1(O)CCCC1)C(=O)CCc1nncn1-c1ccccc1. The van der Waals surface area contributed by atoms with Crippen molar-refractivity contribution in [1.82, 2.24) is 19.7 Å². The van der Waals surface area contributed by atoms with Gasteiger partial charge in [0.1, 0.15) is 12.2 Å². The Bertz CT molecular complexity index is 677. The Kier molecular flexibility index (Phi) is 4.94. The van der Waals surface area contributed by atoms with Gasteiger partial charge < -0.3 is 10.0 Å². The van der Waals surface area contributed by atoms with Crippen LogP contribution in [0, 0.1) is 0 Å². The van der Waals surface area contributed by atoms with E-state index >= 15 is 0 Å². The van der Waals surface area contributed by atoms with Gasteiger partial charge in [-0.1, -0.05) is 31.0 Å². The molecule has 0 radical (unpaired) electrons. The summed E-state index contributed by atoms with van der Waals surface area (Å²) in [6.45, 7) is 0.414. The molecule has 2 aromatic rings. The first kappa shape index (κ1) is 16.6. The topological polar surface area (TPSA) is 71.2 Å². The van der Waals surface area contributed by atoms with Crippen LogP contribution in [0.1, 0.15) is 37.9 Å². The highest BCUT2D eigenvalue weighted by Crippen LogP contribution is 2.30. The summed E-state index contributed by atoms with van der Waals surface area (Å²) in [5, 5.41) is 18.5. The highest BCUT2D eigenvalue weighted by Gasteiger charge is 2.33. The lowest BCUT2D eigenvalue weighted by Crippen LogP contribution is -2.42. The molecular weight excluding hydrogens is 304 g/mol. The summed E-state index contributed by atoms with van der Waals surface area (Å²) in [6, 6.07) is 9.84. The standard InChI is InChI=1S/C18H24N4O2/c1-21(13-18(24)11-5-6-12-18)17(23)10-9-16-20-19-14-22(16)15-7-3-2-4-8-15/h2-4,7-8,14,24H,5-6,9-13H2,1H3. The Morgan fingerprint density at radius 2 is 2.00 bits per heavy atom. The molecule has 24 heavy (non-hydrogen) atoms. The van der Waals surface area contributed by atoms with E-state index in [2.05, 4.69) is 10.2 Å². The molecule has 6 heteroatoms. The largest absolute Gasteiger partial charge is 0.388 e. The highest BCUT2D eigenvalue weighted by atomic mass is 16.3. The molecule has 3 rings (SSSR count). The minimum atomic E-state index is -0.700. The van der Waals surface area contributed by atoms with Crippen molar-refractivity contribution in [1.29, 1.82) is 0 Å². The monoisotopic (exact) mass is 328 g/mol. The maximum atomic E-state index is 12.4. The highest BCUT2D eigenvalue weighted by molar-refractivity contribution is 5.76. The molecule has 1 aromatic carbocycles. The molecule has 128 valence electrons. The molecule has 0 bridgehead atoms. The predicted molar refractivity (Wildman–Crippen MR) is 90.7 cm³/mol. The maximum Gasteiger partial charge on any atom is 0.222 e. The van der Waals surface area contributed by atoms with Crippen molar-refractivity contribution in [2.75, 3.05) is 13.6 Å². The number of hydrogen-bond acceptors (Lipinski definition) is 4. The van der Waals surface area contributed by atoms with Crippen LogP contribution in [0.5, 0.6) is 0 Å². The molecule has 0 spiro atoms. The number of benzene rings is 1. The zero-order valence-corrected chi connectivity index (χ0v) is 14.1. The van der Waals surface area contributed by atoms with Crippen LogP contribution in [0.3, 0.4) is 0 Å². The molecule has 1 amide bonds. The van der Waals surface area contributed by atoms with Gasteiger partial charge in [-0.2, -0.15) is 0 Å². The van der Waals surface area contributed by atoms with Crippen LogP contribution in [-0.4, -0.2) is 49.9 Å². The van der Waals surface area contributed by atoms with Crippen molar-refractivity contribution >= 4 is 5.91 Å². The van der Waals surface area contributed by atoms with Crippen LogP contribution < -0.4 is 0 Å². The van der Waals surface area contributed by atoms with Crippen LogP contribution >= 0.6 is 0 Å². The van der Waals surface area contributed by atoms with E-state index < -0.39 is 5.60 Å². The van der Waals surface area contributed by atoms with Crippen molar-refractivity contribution in [3.63, 3.8) is 0 Å². The maximum absolute atomic E-state index is 12.4. The lowest BCUT2D eigenvalue weighted by atomic mass is 10.0. The fraction of sp³-hybridized carbons (Fsp3) is 0.500. The summed E-state index contributed by atoms with van der Waals surface area (Å²) < 4.78 is 1.90. The van der Waals surface area contributed by atoms with E-state index in [0.717, 1.165) is 37.2 Å². The molecule has 6 nitrogen and oxygen atoms in total. The van der Waals surface area contributed by atoms with Crippen molar-refractivity contribution in [2.24, 2.45) is 0 Å². The third-order valence-electron chi connectivity index (χ3n) is 4.71. The first-order valence-electron chi connectivity index (χ1n) is 8.48. The molecule has 1 saturated carbocycles. The lowest BCUT2D eigenvalue weighted by Gasteiger charge is -2.28. The number of nitrogens with zero attached hydrogens (tertiary/aromatic N) is 4. The number of likely N-dealkylation sites (N-methyl/N-ethyl adjacent to an activating group) is 1. The second-order valence-electron chi connectivity index (χ2n) is 6.63. The number of aromatic nitrogens is 3. The molecule has 0 aliphatic heterocycles. The number of aliphatic hydroxyl groups is 1. The second-order valence-corrected chi connectivity index (χ2v) is 6.63. The summed E-state index contributed by atoms with van der Waals surface area (Å²) in [5.74, 6) is 0.792. The number of hydrogen-bond donors (Lipinski definition) is 1. The molecule has 1 aliphatic carbocycles. The smallest absolute Gasteiger partial charge is 0.222 e. The number of carbonyl (C=O) groups excluding carboxylic acids is 1. The van der Waals surface area contributed by atoms with E-state index in [1.54, 1.807) is 18.3 Å². The average Bonchev–Trinajstić information content (AvgIpc) is 3.22. The molecule has 1 N–H and O–H groups in total. The van der Waals surface area contributed by atoms with E-state index in [-0.39, 0.29) is 5.91 Å². The summed E-state index contributed by atoms with van der Waals surface area (Å²) in [6.07, 6.45) is 6.20. The first-order valence-corrected chi connectivity index (χ1v) is 8.48. The third-order valence-corrected chi connectivity index (χ3v) is 4.71. The van der Waals surface area contributed by atoms with Gasteiger partial charge in [0.25, 0.3) is 0 Å². The predicted octanol–water partition coefficient (Wildman–Crippen LogP) is 1.96. The van der Waals surface area contributed by atoms with Crippen LogP contribution in [0.15, 0.2) is 36.7 Å². The summed E-state index contributed by atoms with van der Waals surface area (Å²) in [7, 11) is 1.76. The molecule has 1 aromatic heterocycles. The normalized spacial score (nSPS) is 16.2. The van der Waals surface area contributed by atoms with Crippen molar-refractivity contribution < 1.29 is 9.90 Å². The van der Waals surface area contributed by atoms with E-state index in [0.29, 0.717) is 19.4 Å². The molecule has 1 heterocycles. The van der Waals surface area contributed by atoms with Crippen molar-refractivity contribution in [2.45, 2.75) is 44.1 Å². The van der Waals surface area contributed by atoms with Gasteiger partial charge in [-0.15, -0.1) is 10.2 Å². The average molecular weight is 328 g/mol. The Morgan fingerprint density at radius 1 is 1.29 bits per heavy atom. The fourth-order valence-corrected chi connectivity index (χ4v) is 3.36. The van der Waals surface area contributed by atoms with Crippen molar-refractivity contribution in [3.05, 3.63) is 42.5 Å². The van der Waals surface area contributed by atoms with Crippen LogP contribution in [0.2, 0.25) is 0 Å². The summed E-state index contributed by atoms with van der Waals surface area (Å²) in [4.78, 5) is 14.0. The number of rotatable bonds is 6. The quantitative estimate of drug-likeness (QED) is 0.880. The number of carbonyl (C=O) groups is 1.